The van der Waals surface area contributed by atoms with Gasteiger partial charge in [0, 0.05) is 30.6 Å². The van der Waals surface area contributed by atoms with Gasteiger partial charge in [0.1, 0.15) is 5.76 Å². The molecule has 1 aliphatic heterocycles. The van der Waals surface area contributed by atoms with E-state index in [2.05, 4.69) is 15.4 Å². The molecule has 0 spiro atoms. The minimum Gasteiger partial charge on any atom is -0.493 e. The topological polar surface area (TPSA) is 86.1 Å². The third kappa shape index (κ3) is 6.36. The summed E-state index contributed by atoms with van der Waals surface area (Å²) in [6.45, 7) is 5.25. The first-order valence-corrected chi connectivity index (χ1v) is 12.5. The second-order valence-electron chi connectivity index (χ2n) is 8.21. The normalized spacial score (nSPS) is 14.9. The number of benzene rings is 2. The number of nitrogens with one attached hydrogen (secondary N) is 1. The lowest BCUT2D eigenvalue weighted by molar-refractivity contribution is 0.0162. The van der Waals surface area contributed by atoms with Crippen LogP contribution in [-0.2, 0) is 10.5 Å². The molecule has 0 radical (unpaired) electrons. The number of aromatic nitrogens is 1. The summed E-state index contributed by atoms with van der Waals surface area (Å²) < 4.78 is 21.8. The molecule has 8 nitrogen and oxygen atoms in total. The van der Waals surface area contributed by atoms with Gasteiger partial charge in [0.15, 0.2) is 11.5 Å². The Morgan fingerprint density at radius 3 is 2.60 bits per heavy atom. The number of morpholine rings is 1. The quantitative estimate of drug-likeness (QED) is 0.419. The highest BCUT2D eigenvalue weighted by Gasteiger charge is 2.25. The van der Waals surface area contributed by atoms with Crippen LogP contribution in [0, 0.1) is 6.92 Å². The molecule has 1 unspecified atom stereocenters. The van der Waals surface area contributed by atoms with Crippen molar-refractivity contribution in [3.05, 3.63) is 71.1 Å². The molecule has 0 aliphatic carbocycles. The van der Waals surface area contributed by atoms with Gasteiger partial charge in [0.2, 0.25) is 0 Å². The number of thioether (sulfide) groups is 1. The third-order valence-corrected chi connectivity index (χ3v) is 7.01. The number of amides is 1. The first-order valence-electron chi connectivity index (χ1n) is 11.5. The lowest BCUT2D eigenvalue weighted by Crippen LogP contribution is -2.43. The van der Waals surface area contributed by atoms with Crippen molar-refractivity contribution in [2.75, 3.05) is 47.1 Å². The van der Waals surface area contributed by atoms with Crippen LogP contribution >= 0.6 is 11.8 Å². The monoisotopic (exact) mass is 497 g/mol. The van der Waals surface area contributed by atoms with Crippen LogP contribution in [0.3, 0.4) is 0 Å². The van der Waals surface area contributed by atoms with Crippen LogP contribution in [0.5, 0.6) is 11.5 Å². The first-order chi connectivity index (χ1) is 17.1. The fourth-order valence-electron chi connectivity index (χ4n) is 4.10. The van der Waals surface area contributed by atoms with Crippen LogP contribution in [-0.4, -0.2) is 63.0 Å². The zero-order valence-electron chi connectivity index (χ0n) is 20.3. The minimum absolute atomic E-state index is 0.0281. The van der Waals surface area contributed by atoms with Crippen LogP contribution in [0.15, 0.2) is 57.9 Å². The van der Waals surface area contributed by atoms with E-state index in [9.17, 15) is 4.79 Å². The fraction of sp³-hybridized carbons (Fsp3) is 0.385. The van der Waals surface area contributed by atoms with Crippen molar-refractivity contribution in [3.8, 4) is 11.5 Å². The number of hydrogen-bond donors (Lipinski definition) is 1. The van der Waals surface area contributed by atoms with Crippen LogP contribution in [0.25, 0.3) is 0 Å². The van der Waals surface area contributed by atoms with Crippen molar-refractivity contribution in [2.45, 2.75) is 23.6 Å². The maximum absolute atomic E-state index is 13.3. The first kappa shape index (κ1) is 25.1. The Balaban J connectivity index is 1.49. The van der Waals surface area contributed by atoms with E-state index in [1.54, 1.807) is 26.0 Å². The van der Waals surface area contributed by atoms with E-state index >= 15 is 0 Å². The van der Waals surface area contributed by atoms with Gasteiger partial charge >= 0.3 is 0 Å². The second-order valence-corrected chi connectivity index (χ2v) is 9.23. The molecule has 35 heavy (non-hydrogen) atoms. The summed E-state index contributed by atoms with van der Waals surface area (Å²) in [6.07, 6.45) is 0. The fourth-order valence-corrected chi connectivity index (χ4v) is 5.03. The van der Waals surface area contributed by atoms with Crippen molar-refractivity contribution < 1.29 is 23.5 Å². The van der Waals surface area contributed by atoms with E-state index in [1.165, 1.54) is 0 Å². The molecule has 1 atom stereocenters. The van der Waals surface area contributed by atoms with Gasteiger partial charge in [-0.15, -0.1) is 11.8 Å². The van der Waals surface area contributed by atoms with E-state index in [4.69, 9.17) is 18.7 Å². The molecule has 1 aromatic heterocycles. The number of aryl methyl sites for hydroxylation is 1. The van der Waals surface area contributed by atoms with Crippen LogP contribution < -0.4 is 14.8 Å². The molecule has 1 N–H and O–H groups in total. The molecule has 1 amide bonds. The minimum atomic E-state index is -0.111. The van der Waals surface area contributed by atoms with E-state index in [0.717, 1.165) is 35.0 Å². The van der Waals surface area contributed by atoms with Gasteiger partial charge in [-0.05, 0) is 36.8 Å². The van der Waals surface area contributed by atoms with Crippen LogP contribution in [0.4, 0.5) is 0 Å². The molecule has 1 saturated heterocycles. The van der Waals surface area contributed by atoms with Crippen molar-refractivity contribution in [2.24, 2.45) is 0 Å². The number of carbonyl (C=O) groups is 1. The summed E-state index contributed by atoms with van der Waals surface area (Å²) >= 11 is 1.56. The maximum Gasteiger partial charge on any atom is 0.252 e. The Bertz CT molecular complexity index is 1130. The van der Waals surface area contributed by atoms with Gasteiger partial charge in [-0.2, -0.15) is 0 Å². The summed E-state index contributed by atoms with van der Waals surface area (Å²) in [4.78, 5) is 16.5. The predicted molar refractivity (Wildman–Crippen MR) is 134 cm³/mol. The maximum atomic E-state index is 13.3. The van der Waals surface area contributed by atoms with E-state index < -0.39 is 0 Å². The Hall–Kier alpha value is -3.01. The highest BCUT2D eigenvalue weighted by molar-refractivity contribution is 7.98. The smallest absolute Gasteiger partial charge is 0.252 e. The van der Waals surface area contributed by atoms with Crippen LogP contribution in [0.1, 0.15) is 33.4 Å². The average molecular weight is 498 g/mol. The summed E-state index contributed by atoms with van der Waals surface area (Å²) in [5.41, 5.74) is 2.53. The largest absolute Gasteiger partial charge is 0.493 e. The summed E-state index contributed by atoms with van der Waals surface area (Å²) in [5.74, 6) is 2.62. The summed E-state index contributed by atoms with van der Waals surface area (Å²) in [5, 5.41) is 7.09. The highest BCUT2D eigenvalue weighted by Crippen LogP contribution is 2.32. The number of ether oxygens (including phenoxy) is 3. The van der Waals surface area contributed by atoms with E-state index in [1.807, 2.05) is 55.5 Å². The predicted octanol–water partition coefficient (Wildman–Crippen LogP) is 4.10. The summed E-state index contributed by atoms with van der Waals surface area (Å²) in [7, 11) is 3.25. The SMILES string of the molecule is COc1ccc(C(CNC(=O)c2ccccc2SCc2cc(C)no2)N2CCOCC2)cc1OC. The Morgan fingerprint density at radius 1 is 1.11 bits per heavy atom. The molecule has 1 fully saturated rings. The van der Waals surface area contributed by atoms with Crippen molar-refractivity contribution in [1.82, 2.24) is 15.4 Å². The van der Waals surface area contributed by atoms with E-state index in [0.29, 0.717) is 42.6 Å². The van der Waals surface area contributed by atoms with Gasteiger partial charge in [0.25, 0.3) is 5.91 Å². The molecule has 0 saturated carbocycles. The van der Waals surface area contributed by atoms with Gasteiger partial charge in [0.05, 0.1) is 50.5 Å². The summed E-state index contributed by atoms with van der Waals surface area (Å²) in [6, 6.07) is 15.4. The second kappa shape index (κ2) is 12.1. The van der Waals surface area contributed by atoms with Gasteiger partial charge in [-0.1, -0.05) is 23.4 Å². The standard InChI is InChI=1S/C26H31N3O5S/c1-18-14-20(34-28-18)17-35-25-7-5-4-6-21(25)26(30)27-16-22(29-10-12-33-13-11-29)19-8-9-23(31-2)24(15-19)32-3/h4-9,14-15,22H,10-13,16-17H2,1-3H3,(H,27,30). The molecule has 2 aromatic carbocycles. The van der Waals surface area contributed by atoms with Crippen molar-refractivity contribution in [1.29, 1.82) is 0 Å². The van der Waals surface area contributed by atoms with E-state index in [-0.39, 0.29) is 11.9 Å². The molecule has 1 aliphatic rings. The highest BCUT2D eigenvalue weighted by atomic mass is 32.2. The zero-order chi connectivity index (χ0) is 24.6. The number of hydrogen-bond acceptors (Lipinski definition) is 8. The number of rotatable bonds is 10. The Labute approximate surface area is 209 Å². The molecular formula is C26H31N3O5S. The third-order valence-electron chi connectivity index (χ3n) is 5.91. The lowest BCUT2D eigenvalue weighted by Gasteiger charge is -2.35. The zero-order valence-corrected chi connectivity index (χ0v) is 21.1. The molecule has 3 aromatic rings. The Kier molecular flexibility index (Phi) is 8.68. The molecule has 2 heterocycles. The average Bonchev–Trinajstić information content (AvgIpc) is 3.33. The van der Waals surface area contributed by atoms with Crippen molar-refractivity contribution >= 4 is 17.7 Å². The molecular weight excluding hydrogens is 466 g/mol. The number of nitrogens with zero attached hydrogens (tertiary/aromatic N) is 2. The van der Waals surface area contributed by atoms with Gasteiger partial charge in [-0.3, -0.25) is 9.69 Å². The van der Waals surface area contributed by atoms with Crippen LogP contribution in [0.2, 0.25) is 0 Å². The van der Waals surface area contributed by atoms with Crippen molar-refractivity contribution in [3.63, 3.8) is 0 Å². The lowest BCUT2D eigenvalue weighted by atomic mass is 10.0. The molecule has 186 valence electrons. The number of carbonyl (C=O) groups excluding carboxylic acids is 1. The number of methoxy groups -OCH3 is 2. The Morgan fingerprint density at radius 2 is 1.89 bits per heavy atom. The van der Waals surface area contributed by atoms with Gasteiger partial charge < -0.3 is 24.1 Å². The molecule has 9 heteroatoms. The molecule has 4 rings (SSSR count). The molecule has 0 bridgehead atoms. The van der Waals surface area contributed by atoms with Gasteiger partial charge in [-0.25, -0.2) is 0 Å².